The van der Waals surface area contributed by atoms with E-state index >= 15 is 0 Å². The van der Waals surface area contributed by atoms with Gasteiger partial charge < -0.3 is 15.5 Å². The smallest absolute Gasteiger partial charge is 0.244 e. The number of aryl methyl sites for hydroxylation is 1. The van der Waals surface area contributed by atoms with E-state index in [4.69, 9.17) is 0 Å². The second-order valence-corrected chi connectivity index (χ2v) is 6.83. The van der Waals surface area contributed by atoms with Crippen molar-refractivity contribution in [2.75, 3.05) is 33.2 Å². The normalized spacial score (nSPS) is 10.9. The molecule has 1 aromatic carbocycles. The number of amides is 1. The maximum Gasteiger partial charge on any atom is 0.244 e. The standard InChI is InChI=1S/C22H30FN5O.HI/c1-4-24-22(26-13-10-18-8-9-19(23)15-17(18)2)27-16-21(29)28(3)14-11-20-7-5-6-12-25-20;/h5-9,12,15H,4,10-11,13-14,16H2,1-3H3,(H2,24,26,27);1H. The number of carbonyl (C=O) groups is 1. The van der Waals surface area contributed by atoms with Crippen molar-refractivity contribution in [3.05, 3.63) is 65.2 Å². The number of guanidine groups is 1. The summed E-state index contributed by atoms with van der Waals surface area (Å²) in [5.74, 6) is 0.325. The molecule has 8 heteroatoms. The summed E-state index contributed by atoms with van der Waals surface area (Å²) in [5.41, 5.74) is 2.97. The lowest BCUT2D eigenvalue weighted by atomic mass is 10.1. The van der Waals surface area contributed by atoms with E-state index in [0.29, 0.717) is 32.0 Å². The molecule has 0 radical (unpaired) electrons. The van der Waals surface area contributed by atoms with Gasteiger partial charge in [-0.1, -0.05) is 12.1 Å². The van der Waals surface area contributed by atoms with Crippen molar-refractivity contribution >= 4 is 35.8 Å². The molecule has 0 aliphatic rings. The Labute approximate surface area is 195 Å². The number of aliphatic imine (C=N–C) groups is 1. The van der Waals surface area contributed by atoms with Gasteiger partial charge in [0.2, 0.25) is 5.91 Å². The van der Waals surface area contributed by atoms with E-state index in [9.17, 15) is 9.18 Å². The molecule has 0 saturated carbocycles. The third-order valence-electron chi connectivity index (χ3n) is 4.56. The zero-order chi connectivity index (χ0) is 21.1. The highest BCUT2D eigenvalue weighted by molar-refractivity contribution is 14.0. The molecule has 0 aliphatic carbocycles. The zero-order valence-electron chi connectivity index (χ0n) is 17.8. The van der Waals surface area contributed by atoms with Crippen LogP contribution < -0.4 is 10.6 Å². The third-order valence-corrected chi connectivity index (χ3v) is 4.56. The van der Waals surface area contributed by atoms with Gasteiger partial charge in [0, 0.05) is 45.0 Å². The largest absolute Gasteiger partial charge is 0.357 e. The first-order valence-corrected chi connectivity index (χ1v) is 9.90. The van der Waals surface area contributed by atoms with Gasteiger partial charge in [-0.3, -0.25) is 9.78 Å². The average Bonchev–Trinajstić information content (AvgIpc) is 2.72. The molecule has 0 unspecified atom stereocenters. The van der Waals surface area contributed by atoms with Gasteiger partial charge in [-0.25, -0.2) is 9.38 Å². The van der Waals surface area contributed by atoms with Crippen molar-refractivity contribution in [2.45, 2.75) is 26.7 Å². The third kappa shape index (κ3) is 9.06. The lowest BCUT2D eigenvalue weighted by Gasteiger charge is -2.17. The minimum absolute atomic E-state index is 0. The molecule has 2 aromatic rings. The highest BCUT2D eigenvalue weighted by Crippen LogP contribution is 2.10. The molecule has 1 amide bonds. The molecule has 1 heterocycles. The number of hydrogen-bond acceptors (Lipinski definition) is 3. The van der Waals surface area contributed by atoms with Crippen LogP contribution in [0.25, 0.3) is 0 Å². The number of rotatable bonds is 9. The van der Waals surface area contributed by atoms with Gasteiger partial charge in [0.15, 0.2) is 5.96 Å². The van der Waals surface area contributed by atoms with Crippen LogP contribution in [-0.2, 0) is 17.6 Å². The number of hydrogen-bond donors (Lipinski definition) is 2. The summed E-state index contributed by atoms with van der Waals surface area (Å²) in [4.78, 5) is 22.7. The summed E-state index contributed by atoms with van der Waals surface area (Å²) in [6.07, 6.45) is 3.21. The Balaban J connectivity index is 0.00000450. The Hall–Kier alpha value is -2.23. The van der Waals surface area contributed by atoms with Crippen molar-refractivity contribution < 1.29 is 9.18 Å². The molecule has 1 aromatic heterocycles. The van der Waals surface area contributed by atoms with E-state index in [1.54, 1.807) is 24.2 Å². The molecule has 0 saturated heterocycles. The molecular formula is C22H31FIN5O. The van der Waals surface area contributed by atoms with E-state index in [1.165, 1.54) is 12.1 Å². The maximum atomic E-state index is 13.2. The molecule has 0 spiro atoms. The average molecular weight is 527 g/mol. The number of likely N-dealkylation sites (N-methyl/N-ethyl adjacent to an activating group) is 1. The maximum absolute atomic E-state index is 13.2. The predicted octanol–water partition coefficient (Wildman–Crippen LogP) is 2.95. The van der Waals surface area contributed by atoms with Crippen molar-refractivity contribution in [3.63, 3.8) is 0 Å². The van der Waals surface area contributed by atoms with Crippen molar-refractivity contribution in [1.29, 1.82) is 0 Å². The fraction of sp³-hybridized carbons (Fsp3) is 0.409. The Morgan fingerprint density at radius 1 is 1.20 bits per heavy atom. The number of carbonyl (C=O) groups excluding carboxylic acids is 1. The second kappa shape index (κ2) is 13.9. The minimum Gasteiger partial charge on any atom is -0.357 e. The summed E-state index contributed by atoms with van der Waals surface area (Å²) in [5, 5.41) is 6.37. The Bertz CT molecular complexity index is 816. The summed E-state index contributed by atoms with van der Waals surface area (Å²) in [6, 6.07) is 10.6. The molecule has 0 fully saturated rings. The summed E-state index contributed by atoms with van der Waals surface area (Å²) in [6.45, 7) is 5.88. The molecule has 0 bridgehead atoms. The molecule has 30 heavy (non-hydrogen) atoms. The van der Waals surface area contributed by atoms with Gasteiger partial charge in [-0.05, 0) is 55.7 Å². The first-order valence-electron chi connectivity index (χ1n) is 9.90. The van der Waals surface area contributed by atoms with Crippen LogP contribution in [0.5, 0.6) is 0 Å². The molecule has 2 N–H and O–H groups in total. The van der Waals surface area contributed by atoms with E-state index in [2.05, 4.69) is 20.6 Å². The number of nitrogens with one attached hydrogen (secondary N) is 2. The Kier molecular flexibility index (Phi) is 12.0. The van der Waals surface area contributed by atoms with Gasteiger partial charge in [0.05, 0.1) is 0 Å². The fourth-order valence-corrected chi connectivity index (χ4v) is 2.82. The van der Waals surface area contributed by atoms with Crippen LogP contribution in [0.4, 0.5) is 4.39 Å². The number of nitrogens with zero attached hydrogens (tertiary/aromatic N) is 3. The van der Waals surface area contributed by atoms with Gasteiger partial charge in [-0.15, -0.1) is 24.0 Å². The van der Waals surface area contributed by atoms with Crippen molar-refractivity contribution in [3.8, 4) is 0 Å². The highest BCUT2D eigenvalue weighted by atomic mass is 127. The van der Waals surface area contributed by atoms with Crippen LogP contribution in [0.3, 0.4) is 0 Å². The van der Waals surface area contributed by atoms with Crippen LogP contribution in [0.15, 0.2) is 47.6 Å². The first-order chi connectivity index (χ1) is 14.0. The molecule has 0 aliphatic heterocycles. The number of pyridine rings is 1. The lowest BCUT2D eigenvalue weighted by Crippen LogP contribution is -2.39. The lowest BCUT2D eigenvalue weighted by molar-refractivity contribution is -0.128. The summed E-state index contributed by atoms with van der Waals surface area (Å²) >= 11 is 0. The van der Waals surface area contributed by atoms with Crippen LogP contribution in [0.1, 0.15) is 23.7 Å². The molecule has 2 rings (SSSR count). The van der Waals surface area contributed by atoms with E-state index in [0.717, 1.165) is 23.2 Å². The van der Waals surface area contributed by atoms with Gasteiger partial charge in [0.1, 0.15) is 12.4 Å². The van der Waals surface area contributed by atoms with Crippen LogP contribution in [0, 0.1) is 12.7 Å². The van der Waals surface area contributed by atoms with E-state index < -0.39 is 0 Å². The Morgan fingerprint density at radius 3 is 2.67 bits per heavy atom. The summed E-state index contributed by atoms with van der Waals surface area (Å²) in [7, 11) is 1.78. The van der Waals surface area contributed by atoms with E-state index in [1.807, 2.05) is 32.0 Å². The van der Waals surface area contributed by atoms with Gasteiger partial charge >= 0.3 is 0 Å². The molecule has 0 atom stereocenters. The fourth-order valence-electron chi connectivity index (χ4n) is 2.82. The van der Waals surface area contributed by atoms with Crippen LogP contribution in [0.2, 0.25) is 0 Å². The highest BCUT2D eigenvalue weighted by Gasteiger charge is 2.09. The van der Waals surface area contributed by atoms with Crippen LogP contribution in [-0.4, -0.2) is 55.0 Å². The van der Waals surface area contributed by atoms with Crippen molar-refractivity contribution in [1.82, 2.24) is 20.5 Å². The summed E-state index contributed by atoms with van der Waals surface area (Å²) < 4.78 is 13.2. The van der Waals surface area contributed by atoms with Crippen LogP contribution >= 0.6 is 24.0 Å². The van der Waals surface area contributed by atoms with Gasteiger partial charge in [0.25, 0.3) is 0 Å². The minimum atomic E-state index is -0.222. The molecule has 164 valence electrons. The number of aromatic nitrogens is 1. The number of benzene rings is 1. The topological polar surface area (TPSA) is 69.6 Å². The zero-order valence-corrected chi connectivity index (χ0v) is 20.2. The number of halogens is 2. The monoisotopic (exact) mass is 527 g/mol. The molecular weight excluding hydrogens is 496 g/mol. The van der Waals surface area contributed by atoms with E-state index in [-0.39, 0.29) is 42.2 Å². The van der Waals surface area contributed by atoms with Crippen molar-refractivity contribution in [2.24, 2.45) is 4.99 Å². The quantitative estimate of drug-likeness (QED) is 0.299. The second-order valence-electron chi connectivity index (χ2n) is 6.83. The predicted molar refractivity (Wildman–Crippen MR) is 130 cm³/mol. The SMILES string of the molecule is CCNC(=NCC(=O)N(C)CCc1ccccn1)NCCc1ccc(F)cc1C.I. The first kappa shape index (κ1) is 25.8. The Morgan fingerprint density at radius 2 is 2.00 bits per heavy atom. The molecule has 6 nitrogen and oxygen atoms in total. The van der Waals surface area contributed by atoms with Gasteiger partial charge in [-0.2, -0.15) is 0 Å².